The molecule has 2 rings (SSSR count). The van der Waals surface area contributed by atoms with Crippen LogP contribution in [0.15, 0.2) is 54.6 Å². The number of unbranched alkanes of at least 4 members (excludes halogenated alkanes) is 1. The summed E-state index contributed by atoms with van der Waals surface area (Å²) < 4.78 is 19.1. The smallest absolute Gasteiger partial charge is 0.412 e. The molecular weight excluding hydrogens is 379 g/mol. The molecule has 0 saturated heterocycles. The van der Waals surface area contributed by atoms with Gasteiger partial charge in [0.15, 0.2) is 11.6 Å². The second-order valence-corrected chi connectivity index (χ2v) is 6.09. The minimum absolute atomic E-state index is 0.314. The molecule has 7 nitrogen and oxygen atoms in total. The Morgan fingerprint density at radius 2 is 1.97 bits per heavy atom. The number of amides is 1. The molecule has 150 valence electrons. The lowest BCUT2D eigenvalue weighted by atomic mass is 10.0. The molecule has 1 amide bonds. The van der Waals surface area contributed by atoms with E-state index in [2.05, 4.69) is 5.32 Å². The number of carboxylic acids is 1. The van der Waals surface area contributed by atoms with Crippen LogP contribution in [0, 0.1) is 17.1 Å². The van der Waals surface area contributed by atoms with E-state index in [1.807, 2.05) is 6.07 Å². The van der Waals surface area contributed by atoms with Gasteiger partial charge in [0.2, 0.25) is 0 Å². The summed E-state index contributed by atoms with van der Waals surface area (Å²) in [7, 11) is 0. The SMILES string of the molecule is N#Cc1ccc(NC(=O)O[C@H](CCC/C=C/C(=O)O)c2ccc(O)c(F)c2)cc1. The van der Waals surface area contributed by atoms with E-state index in [-0.39, 0.29) is 0 Å². The molecule has 0 saturated carbocycles. The number of hydrogen-bond acceptors (Lipinski definition) is 5. The molecule has 2 aromatic carbocycles. The van der Waals surface area contributed by atoms with Gasteiger partial charge in [-0.25, -0.2) is 14.0 Å². The highest BCUT2D eigenvalue weighted by atomic mass is 19.1. The van der Waals surface area contributed by atoms with Crippen LogP contribution in [0.25, 0.3) is 0 Å². The summed E-state index contributed by atoms with van der Waals surface area (Å²) in [5.41, 5.74) is 1.22. The Bertz CT molecular complexity index is 935. The molecule has 0 heterocycles. The van der Waals surface area contributed by atoms with Crippen molar-refractivity contribution in [3.05, 3.63) is 71.6 Å². The second-order valence-electron chi connectivity index (χ2n) is 6.09. The fraction of sp³-hybridized carbons (Fsp3) is 0.190. The van der Waals surface area contributed by atoms with Crippen LogP contribution in [-0.4, -0.2) is 22.3 Å². The van der Waals surface area contributed by atoms with Crippen LogP contribution in [0.3, 0.4) is 0 Å². The molecule has 3 N–H and O–H groups in total. The predicted molar refractivity (Wildman–Crippen MR) is 103 cm³/mol. The summed E-state index contributed by atoms with van der Waals surface area (Å²) in [5.74, 6) is -2.41. The molecule has 0 aliphatic carbocycles. The normalized spacial score (nSPS) is 11.6. The number of aliphatic carboxylic acids is 1. The van der Waals surface area contributed by atoms with Crippen molar-refractivity contribution >= 4 is 17.7 Å². The fourth-order valence-electron chi connectivity index (χ4n) is 2.53. The molecule has 0 aromatic heterocycles. The van der Waals surface area contributed by atoms with Gasteiger partial charge < -0.3 is 14.9 Å². The molecule has 1 atom stereocenters. The third-order valence-electron chi connectivity index (χ3n) is 3.95. The van der Waals surface area contributed by atoms with Gasteiger partial charge >= 0.3 is 12.1 Å². The molecule has 0 spiro atoms. The van der Waals surface area contributed by atoms with Crippen LogP contribution in [0.1, 0.15) is 36.5 Å². The van der Waals surface area contributed by atoms with Crippen molar-refractivity contribution in [2.24, 2.45) is 0 Å². The number of nitriles is 1. The number of carbonyl (C=O) groups is 2. The highest BCUT2D eigenvalue weighted by Gasteiger charge is 2.18. The number of halogens is 1. The van der Waals surface area contributed by atoms with Gasteiger partial charge in [-0.05, 0) is 61.2 Å². The Kier molecular flexibility index (Phi) is 7.74. The van der Waals surface area contributed by atoms with Gasteiger partial charge in [0.25, 0.3) is 0 Å². The van der Waals surface area contributed by atoms with Gasteiger partial charge in [0.05, 0.1) is 11.6 Å². The zero-order valence-corrected chi connectivity index (χ0v) is 15.3. The molecule has 0 aliphatic rings. The number of nitrogens with one attached hydrogen (secondary N) is 1. The van der Waals surface area contributed by atoms with Crippen molar-refractivity contribution in [2.75, 3.05) is 5.32 Å². The van der Waals surface area contributed by atoms with Crippen LogP contribution in [0.2, 0.25) is 0 Å². The highest BCUT2D eigenvalue weighted by Crippen LogP contribution is 2.28. The Labute approximate surface area is 166 Å². The van der Waals surface area contributed by atoms with E-state index in [4.69, 9.17) is 15.1 Å². The average Bonchev–Trinajstić information content (AvgIpc) is 2.69. The number of allylic oxidation sites excluding steroid dienone is 1. The molecule has 0 unspecified atom stereocenters. The van der Waals surface area contributed by atoms with E-state index in [1.165, 1.54) is 30.3 Å². The van der Waals surface area contributed by atoms with E-state index in [1.54, 1.807) is 12.1 Å². The molecule has 0 bridgehead atoms. The first-order chi connectivity index (χ1) is 13.9. The first-order valence-corrected chi connectivity index (χ1v) is 8.74. The lowest BCUT2D eigenvalue weighted by molar-refractivity contribution is -0.131. The molecule has 0 aliphatic heterocycles. The Hall–Kier alpha value is -3.86. The third-order valence-corrected chi connectivity index (χ3v) is 3.95. The first-order valence-electron chi connectivity index (χ1n) is 8.74. The van der Waals surface area contributed by atoms with Crippen LogP contribution >= 0.6 is 0 Å². The Morgan fingerprint density at radius 1 is 1.24 bits per heavy atom. The topological polar surface area (TPSA) is 120 Å². The van der Waals surface area contributed by atoms with Crippen LogP contribution in [0.4, 0.5) is 14.9 Å². The molecule has 8 heteroatoms. The summed E-state index contributed by atoms with van der Waals surface area (Å²) >= 11 is 0. The van der Waals surface area contributed by atoms with Crippen LogP contribution in [0.5, 0.6) is 5.75 Å². The van der Waals surface area contributed by atoms with Gasteiger partial charge in [0, 0.05) is 11.8 Å². The number of nitrogens with zero attached hydrogens (tertiary/aromatic N) is 1. The number of hydrogen-bond donors (Lipinski definition) is 3. The van der Waals surface area contributed by atoms with Crippen molar-refractivity contribution in [1.82, 2.24) is 0 Å². The summed E-state index contributed by atoms with van der Waals surface area (Å²) in [6, 6.07) is 11.8. The van der Waals surface area contributed by atoms with Crippen molar-refractivity contribution in [1.29, 1.82) is 5.26 Å². The van der Waals surface area contributed by atoms with E-state index in [9.17, 15) is 19.1 Å². The zero-order valence-electron chi connectivity index (χ0n) is 15.3. The number of carbonyl (C=O) groups excluding carboxylic acids is 1. The van der Waals surface area contributed by atoms with Crippen molar-refractivity contribution < 1.29 is 28.9 Å². The molecule has 2 aromatic rings. The molecule has 29 heavy (non-hydrogen) atoms. The lowest BCUT2D eigenvalue weighted by Gasteiger charge is -2.19. The standard InChI is InChI=1S/C21H19FN2O5/c22-17-12-15(8-11-18(17)25)19(4-2-1-3-5-20(26)27)29-21(28)24-16-9-6-14(13-23)7-10-16/h3,5-12,19,25H,1-2,4H2,(H,24,28)(H,26,27)/b5-3+/t19-/m1/s1. The third kappa shape index (κ3) is 6.99. The highest BCUT2D eigenvalue weighted by molar-refractivity contribution is 5.84. The fourth-order valence-corrected chi connectivity index (χ4v) is 2.53. The quantitative estimate of drug-likeness (QED) is 0.445. The maximum absolute atomic E-state index is 13.7. The number of phenolic OH excluding ortho intramolecular Hbond substituents is 1. The molecule has 0 radical (unpaired) electrons. The van der Waals surface area contributed by atoms with E-state index >= 15 is 0 Å². The summed E-state index contributed by atoms with van der Waals surface area (Å²) in [6.07, 6.45) is 2.16. The van der Waals surface area contributed by atoms with Gasteiger partial charge in [-0.2, -0.15) is 5.26 Å². The summed E-state index contributed by atoms with van der Waals surface area (Å²) in [5, 5.41) is 29.3. The van der Waals surface area contributed by atoms with E-state index < -0.39 is 29.7 Å². The number of rotatable bonds is 8. The van der Waals surface area contributed by atoms with Crippen molar-refractivity contribution in [3.63, 3.8) is 0 Å². The van der Waals surface area contributed by atoms with Gasteiger partial charge in [0.1, 0.15) is 6.10 Å². The first kappa shape index (κ1) is 21.4. The predicted octanol–water partition coefficient (Wildman–Crippen LogP) is 4.50. The number of phenols is 1. The van der Waals surface area contributed by atoms with Crippen molar-refractivity contribution in [3.8, 4) is 11.8 Å². The van der Waals surface area contributed by atoms with Gasteiger partial charge in [-0.15, -0.1) is 0 Å². The monoisotopic (exact) mass is 398 g/mol. The van der Waals surface area contributed by atoms with Crippen molar-refractivity contribution in [2.45, 2.75) is 25.4 Å². The second kappa shape index (κ2) is 10.5. The minimum atomic E-state index is -1.06. The summed E-state index contributed by atoms with van der Waals surface area (Å²) in [6.45, 7) is 0. The number of carboxylic acid groups (broad SMARTS) is 1. The van der Waals surface area contributed by atoms with Crippen LogP contribution < -0.4 is 5.32 Å². The Morgan fingerprint density at radius 3 is 2.59 bits per heavy atom. The summed E-state index contributed by atoms with van der Waals surface area (Å²) in [4.78, 5) is 22.7. The maximum atomic E-state index is 13.7. The maximum Gasteiger partial charge on any atom is 0.412 e. The minimum Gasteiger partial charge on any atom is -0.505 e. The van der Waals surface area contributed by atoms with Crippen LogP contribution in [-0.2, 0) is 9.53 Å². The Balaban J connectivity index is 2.06. The van der Waals surface area contributed by atoms with E-state index in [0.29, 0.717) is 36.1 Å². The number of anilines is 1. The van der Waals surface area contributed by atoms with Gasteiger partial charge in [-0.3, -0.25) is 5.32 Å². The largest absolute Gasteiger partial charge is 0.505 e. The lowest BCUT2D eigenvalue weighted by Crippen LogP contribution is -2.17. The average molecular weight is 398 g/mol. The molecular formula is C21H19FN2O5. The molecule has 0 fully saturated rings. The zero-order chi connectivity index (χ0) is 21.2. The number of benzene rings is 2. The number of ether oxygens (including phenoxy) is 1. The van der Waals surface area contributed by atoms with E-state index in [0.717, 1.165) is 12.1 Å². The van der Waals surface area contributed by atoms with Gasteiger partial charge in [-0.1, -0.05) is 12.1 Å². The number of aromatic hydroxyl groups is 1.